The summed E-state index contributed by atoms with van der Waals surface area (Å²) in [6.45, 7) is 2.02. The number of hydrogen-bond acceptors (Lipinski definition) is 4. The van der Waals surface area contributed by atoms with Gasteiger partial charge in [0.05, 0.1) is 24.4 Å². The van der Waals surface area contributed by atoms with Crippen molar-refractivity contribution in [1.82, 2.24) is 0 Å². The zero-order valence-electron chi connectivity index (χ0n) is 21.5. The van der Waals surface area contributed by atoms with Crippen molar-refractivity contribution in [2.45, 2.75) is 82.4 Å². The molecule has 0 bridgehead atoms. The summed E-state index contributed by atoms with van der Waals surface area (Å²) in [6.07, 6.45) is -10.4. The SMILES string of the molecule is CCC(C)(CC(C)C(=O)OCCC(F)(F)C(F)(F)C(F)(F)C(F)(F)C(F)(F)C(F)(F)F)C(=O)OCc1ccccc1. The Morgan fingerprint density at radius 1 is 0.756 bits per heavy atom. The number of hydrogen-bond donors (Lipinski definition) is 0. The van der Waals surface area contributed by atoms with Crippen LogP contribution in [0, 0.1) is 11.3 Å². The first kappa shape index (κ1) is 36.3. The van der Waals surface area contributed by atoms with Crippen molar-refractivity contribution in [2.75, 3.05) is 6.61 Å². The van der Waals surface area contributed by atoms with Gasteiger partial charge in [-0.1, -0.05) is 44.2 Å². The molecule has 0 saturated carbocycles. The number of carbonyl (C=O) groups excluding carboxylic acids is 2. The van der Waals surface area contributed by atoms with Gasteiger partial charge in [-0.05, 0) is 25.3 Å². The Labute approximate surface area is 225 Å². The molecule has 0 aliphatic carbocycles. The van der Waals surface area contributed by atoms with Crippen LogP contribution in [0.1, 0.15) is 45.6 Å². The molecular weight excluding hydrogens is 599 g/mol. The second-order valence-electron chi connectivity index (χ2n) is 9.50. The quantitative estimate of drug-likeness (QED) is 0.156. The van der Waals surface area contributed by atoms with E-state index in [1.54, 1.807) is 30.3 Å². The minimum Gasteiger partial charge on any atom is -0.465 e. The predicted octanol–water partition coefficient (Wildman–Crippen LogP) is 7.84. The number of benzene rings is 1. The highest BCUT2D eigenvalue weighted by molar-refractivity contribution is 5.78. The zero-order valence-corrected chi connectivity index (χ0v) is 21.5. The molecule has 2 unspecified atom stereocenters. The molecule has 0 aliphatic rings. The summed E-state index contributed by atoms with van der Waals surface area (Å²) in [7, 11) is 0. The number of ether oxygens (including phenoxy) is 2. The standard InChI is InChI=1S/C24H25F13O4/c1-4-18(3,17(39)41-13-15-8-6-5-7-9-15)12-14(2)16(38)40-11-10-19(25,26)20(27,28)21(29,30)22(31,32)23(33,34)24(35,36)37/h5-9,14H,4,10-13H2,1-3H3. The molecule has 0 spiro atoms. The van der Waals surface area contributed by atoms with Crippen molar-refractivity contribution < 1.29 is 76.1 Å². The largest absolute Gasteiger partial charge is 0.465 e. The molecule has 17 heteroatoms. The molecular formula is C24H25F13O4. The first-order valence-corrected chi connectivity index (χ1v) is 11.7. The molecule has 41 heavy (non-hydrogen) atoms. The van der Waals surface area contributed by atoms with Crippen LogP contribution in [0.4, 0.5) is 57.1 Å². The van der Waals surface area contributed by atoms with Gasteiger partial charge in [0.25, 0.3) is 0 Å². The molecule has 4 nitrogen and oxygen atoms in total. The Hall–Kier alpha value is -2.75. The maximum Gasteiger partial charge on any atom is 0.460 e. The van der Waals surface area contributed by atoms with Gasteiger partial charge in [-0.2, -0.15) is 57.1 Å². The van der Waals surface area contributed by atoms with Gasteiger partial charge in [0.2, 0.25) is 0 Å². The van der Waals surface area contributed by atoms with Crippen molar-refractivity contribution in [2.24, 2.45) is 11.3 Å². The minimum atomic E-state index is -8.00. The van der Waals surface area contributed by atoms with Gasteiger partial charge < -0.3 is 9.47 Å². The Bertz CT molecular complexity index is 1040. The average Bonchev–Trinajstić information content (AvgIpc) is 2.86. The highest BCUT2D eigenvalue weighted by Crippen LogP contribution is 2.60. The van der Waals surface area contributed by atoms with E-state index in [9.17, 15) is 66.7 Å². The molecule has 1 rings (SSSR count). The van der Waals surface area contributed by atoms with E-state index in [1.165, 1.54) is 13.8 Å². The second kappa shape index (κ2) is 12.2. The molecule has 0 aromatic heterocycles. The Balaban J connectivity index is 2.90. The minimum absolute atomic E-state index is 0.0778. The zero-order chi connectivity index (χ0) is 32.3. The van der Waals surface area contributed by atoms with Crippen LogP contribution in [0.15, 0.2) is 30.3 Å². The van der Waals surface area contributed by atoms with E-state index in [0.717, 1.165) is 6.92 Å². The lowest BCUT2D eigenvalue weighted by atomic mass is 9.79. The molecule has 0 amide bonds. The van der Waals surface area contributed by atoms with Gasteiger partial charge in [0.15, 0.2) is 0 Å². The van der Waals surface area contributed by atoms with Gasteiger partial charge in [0, 0.05) is 0 Å². The lowest BCUT2D eigenvalue weighted by molar-refractivity contribution is -0.440. The van der Waals surface area contributed by atoms with Crippen LogP contribution in [0.2, 0.25) is 0 Å². The lowest BCUT2D eigenvalue weighted by Gasteiger charge is -2.39. The van der Waals surface area contributed by atoms with E-state index in [0.29, 0.717) is 5.56 Å². The van der Waals surface area contributed by atoms with E-state index in [1.807, 2.05) is 0 Å². The summed E-state index contributed by atoms with van der Waals surface area (Å²) in [5.74, 6) is -41.1. The Kier molecular flexibility index (Phi) is 10.8. The summed E-state index contributed by atoms with van der Waals surface area (Å²) >= 11 is 0. The van der Waals surface area contributed by atoms with Crippen LogP contribution >= 0.6 is 0 Å². The van der Waals surface area contributed by atoms with Crippen molar-refractivity contribution >= 4 is 11.9 Å². The monoisotopic (exact) mass is 624 g/mol. The van der Waals surface area contributed by atoms with E-state index < -0.39 is 72.1 Å². The molecule has 0 radical (unpaired) electrons. The maximum absolute atomic E-state index is 13.9. The first-order valence-electron chi connectivity index (χ1n) is 11.7. The lowest BCUT2D eigenvalue weighted by Crippen LogP contribution is -2.70. The number of rotatable bonds is 14. The van der Waals surface area contributed by atoms with Crippen molar-refractivity contribution in [3.05, 3.63) is 35.9 Å². The van der Waals surface area contributed by atoms with Crippen LogP contribution in [0.25, 0.3) is 0 Å². The molecule has 2 atom stereocenters. The molecule has 0 aliphatic heterocycles. The summed E-state index contributed by atoms with van der Waals surface area (Å²) in [5.41, 5.74) is -0.739. The van der Waals surface area contributed by atoms with Crippen LogP contribution in [-0.2, 0) is 25.7 Å². The van der Waals surface area contributed by atoms with E-state index in [-0.39, 0.29) is 19.4 Å². The average molecular weight is 624 g/mol. The Morgan fingerprint density at radius 3 is 1.71 bits per heavy atom. The highest BCUT2D eigenvalue weighted by atomic mass is 19.4. The van der Waals surface area contributed by atoms with Crippen LogP contribution in [0.3, 0.4) is 0 Å². The van der Waals surface area contributed by atoms with Crippen LogP contribution in [-0.4, -0.2) is 54.3 Å². The smallest absolute Gasteiger partial charge is 0.460 e. The van der Waals surface area contributed by atoms with E-state index >= 15 is 0 Å². The van der Waals surface area contributed by atoms with Gasteiger partial charge >= 0.3 is 47.7 Å². The molecule has 0 heterocycles. The van der Waals surface area contributed by atoms with Crippen molar-refractivity contribution in [1.29, 1.82) is 0 Å². The van der Waals surface area contributed by atoms with E-state index in [2.05, 4.69) is 4.74 Å². The molecule has 1 aromatic rings. The van der Waals surface area contributed by atoms with Crippen molar-refractivity contribution in [3.63, 3.8) is 0 Å². The van der Waals surface area contributed by atoms with Gasteiger partial charge in [-0.15, -0.1) is 0 Å². The van der Waals surface area contributed by atoms with E-state index in [4.69, 9.17) is 4.74 Å². The number of halogens is 13. The van der Waals surface area contributed by atoms with Gasteiger partial charge in [0.1, 0.15) is 6.61 Å². The summed E-state index contributed by atoms with van der Waals surface area (Å²) in [5, 5.41) is 0. The summed E-state index contributed by atoms with van der Waals surface area (Å²) in [4.78, 5) is 24.8. The molecule has 0 N–H and O–H groups in total. The number of carbonyl (C=O) groups is 2. The van der Waals surface area contributed by atoms with Crippen molar-refractivity contribution in [3.8, 4) is 0 Å². The fourth-order valence-corrected chi connectivity index (χ4v) is 3.41. The normalized spacial score (nSPS) is 16.1. The van der Waals surface area contributed by atoms with Gasteiger partial charge in [-0.3, -0.25) is 9.59 Å². The third-order valence-corrected chi connectivity index (χ3v) is 6.30. The van der Waals surface area contributed by atoms with Crippen LogP contribution < -0.4 is 0 Å². The van der Waals surface area contributed by atoms with Gasteiger partial charge in [-0.25, -0.2) is 0 Å². The topological polar surface area (TPSA) is 52.6 Å². The third kappa shape index (κ3) is 7.19. The molecule has 0 fully saturated rings. The molecule has 0 saturated heterocycles. The number of alkyl halides is 13. The second-order valence-corrected chi connectivity index (χ2v) is 9.50. The third-order valence-electron chi connectivity index (χ3n) is 6.30. The maximum atomic E-state index is 13.9. The summed E-state index contributed by atoms with van der Waals surface area (Å²) in [6, 6.07) is 8.34. The molecule has 1 aromatic carbocycles. The predicted molar refractivity (Wildman–Crippen MR) is 115 cm³/mol. The first-order chi connectivity index (χ1) is 18.3. The summed E-state index contributed by atoms with van der Waals surface area (Å²) < 4.78 is 181. The fraction of sp³-hybridized carbons (Fsp3) is 0.667. The molecule has 236 valence electrons. The highest BCUT2D eigenvalue weighted by Gasteiger charge is 2.90. The van der Waals surface area contributed by atoms with Crippen LogP contribution in [0.5, 0.6) is 0 Å². The fourth-order valence-electron chi connectivity index (χ4n) is 3.41. The number of esters is 2. The Morgan fingerprint density at radius 2 is 1.24 bits per heavy atom.